The molecule has 36 heavy (non-hydrogen) atoms. The minimum atomic E-state index is -0.524. The summed E-state index contributed by atoms with van der Waals surface area (Å²) in [5.74, 6) is -0.129. The lowest BCUT2D eigenvalue weighted by Crippen LogP contribution is -2.20. The van der Waals surface area contributed by atoms with Crippen molar-refractivity contribution in [2.24, 2.45) is 0 Å². The molecule has 2 N–H and O–H groups in total. The molecule has 2 amide bonds. The van der Waals surface area contributed by atoms with Crippen LogP contribution in [-0.4, -0.2) is 25.0 Å². The van der Waals surface area contributed by atoms with Gasteiger partial charge in [0.1, 0.15) is 11.6 Å². The Morgan fingerprint density at radius 3 is 2.39 bits per heavy atom. The summed E-state index contributed by atoms with van der Waals surface area (Å²) in [6.07, 6.45) is 1.46. The maximum Gasteiger partial charge on any atom is 0.266 e. The number of rotatable bonds is 9. The van der Waals surface area contributed by atoms with E-state index in [1.807, 2.05) is 57.2 Å². The van der Waals surface area contributed by atoms with E-state index < -0.39 is 5.91 Å². The number of nitrogens with zero attached hydrogens (tertiary/aromatic N) is 1. The third kappa shape index (κ3) is 7.45. The van der Waals surface area contributed by atoms with Gasteiger partial charge in [-0.15, -0.1) is 0 Å². The van der Waals surface area contributed by atoms with Crippen LogP contribution in [0.15, 0.2) is 70.7 Å². The van der Waals surface area contributed by atoms with Crippen molar-refractivity contribution in [1.29, 1.82) is 5.26 Å². The lowest BCUT2D eigenvalue weighted by molar-refractivity contribution is -0.118. The van der Waals surface area contributed by atoms with Gasteiger partial charge in [0.2, 0.25) is 0 Å². The molecule has 0 saturated carbocycles. The molecule has 8 heteroatoms. The summed E-state index contributed by atoms with van der Waals surface area (Å²) >= 11 is 3.45. The molecule has 0 bridgehead atoms. The Morgan fingerprint density at radius 2 is 1.72 bits per heavy atom. The molecule has 0 aromatic heterocycles. The Morgan fingerprint density at radius 1 is 0.972 bits per heavy atom. The number of hydrogen-bond acceptors (Lipinski definition) is 5. The summed E-state index contributed by atoms with van der Waals surface area (Å²) in [6, 6.07) is 20.0. The van der Waals surface area contributed by atoms with E-state index in [1.165, 1.54) is 6.08 Å². The lowest BCUT2D eigenvalue weighted by atomic mass is 10.1. The van der Waals surface area contributed by atoms with E-state index >= 15 is 0 Å². The number of ether oxygens (including phenoxy) is 2. The lowest BCUT2D eigenvalue weighted by Gasteiger charge is -2.15. The van der Waals surface area contributed by atoms with Gasteiger partial charge in [-0.25, -0.2) is 0 Å². The van der Waals surface area contributed by atoms with E-state index in [9.17, 15) is 14.9 Å². The molecule has 0 atom stereocenters. The second-order valence-electron chi connectivity index (χ2n) is 7.96. The largest absolute Gasteiger partial charge is 0.490 e. The van der Waals surface area contributed by atoms with Crippen molar-refractivity contribution >= 4 is 45.2 Å². The molecule has 0 aliphatic heterocycles. The summed E-state index contributed by atoms with van der Waals surface area (Å²) in [5, 5.41) is 15.1. The van der Waals surface area contributed by atoms with E-state index in [0.29, 0.717) is 39.5 Å². The molecule has 0 spiro atoms. The molecule has 7 nitrogen and oxygen atoms in total. The maximum absolute atomic E-state index is 12.6. The molecule has 0 heterocycles. The Bertz CT molecular complexity index is 1330. The van der Waals surface area contributed by atoms with Crippen LogP contribution in [0.2, 0.25) is 0 Å². The van der Waals surface area contributed by atoms with Crippen molar-refractivity contribution < 1.29 is 19.1 Å². The van der Waals surface area contributed by atoms with E-state index in [1.54, 1.807) is 30.3 Å². The molecule has 0 unspecified atom stereocenters. The number of aryl methyl sites for hydroxylation is 2. The number of benzene rings is 3. The van der Waals surface area contributed by atoms with Crippen molar-refractivity contribution in [1.82, 2.24) is 0 Å². The third-order valence-corrected chi connectivity index (χ3v) is 5.56. The van der Waals surface area contributed by atoms with Gasteiger partial charge in [-0.3, -0.25) is 9.59 Å². The smallest absolute Gasteiger partial charge is 0.266 e. The predicted molar refractivity (Wildman–Crippen MR) is 144 cm³/mol. The number of nitriles is 1. The second-order valence-corrected chi connectivity index (χ2v) is 8.81. The molecule has 3 aromatic rings. The topological polar surface area (TPSA) is 100 Å². The Hall–Kier alpha value is -4.09. The Labute approximate surface area is 218 Å². The van der Waals surface area contributed by atoms with Crippen molar-refractivity contribution in [3.05, 3.63) is 87.4 Å². The number of anilines is 2. The fourth-order valence-electron chi connectivity index (χ4n) is 3.28. The highest BCUT2D eigenvalue weighted by Crippen LogP contribution is 2.37. The van der Waals surface area contributed by atoms with Gasteiger partial charge in [-0.2, -0.15) is 5.26 Å². The first-order chi connectivity index (χ1) is 17.3. The fourth-order valence-corrected chi connectivity index (χ4v) is 3.86. The maximum atomic E-state index is 12.6. The van der Waals surface area contributed by atoms with Gasteiger partial charge in [-0.05, 0) is 90.3 Å². The molecular weight excluding hydrogens is 522 g/mol. The second kappa shape index (κ2) is 12.6. The quantitative estimate of drug-likeness (QED) is 0.251. The number of nitrogens with one attached hydrogen (secondary N) is 2. The number of carbonyl (C=O) groups is 2. The van der Waals surface area contributed by atoms with Gasteiger partial charge in [0, 0.05) is 11.4 Å². The number of hydrogen-bond donors (Lipinski definition) is 2. The van der Waals surface area contributed by atoms with Gasteiger partial charge in [0.15, 0.2) is 18.1 Å². The highest BCUT2D eigenvalue weighted by Gasteiger charge is 2.16. The fraction of sp³-hybridized carbons (Fsp3) is 0.179. The molecular formula is C28H26BrN3O4. The van der Waals surface area contributed by atoms with E-state index in [4.69, 9.17) is 9.47 Å². The van der Waals surface area contributed by atoms with Crippen molar-refractivity contribution in [3.63, 3.8) is 0 Å². The van der Waals surface area contributed by atoms with Crippen molar-refractivity contribution in [2.45, 2.75) is 20.8 Å². The number of carbonyl (C=O) groups excluding carboxylic acids is 2. The Balaban J connectivity index is 1.76. The van der Waals surface area contributed by atoms with Crippen LogP contribution in [0, 0.1) is 25.2 Å². The zero-order chi connectivity index (χ0) is 26.1. The van der Waals surface area contributed by atoms with Gasteiger partial charge in [-0.1, -0.05) is 29.8 Å². The minimum Gasteiger partial charge on any atom is -0.490 e. The van der Waals surface area contributed by atoms with Crippen molar-refractivity contribution in [2.75, 3.05) is 23.8 Å². The zero-order valence-electron chi connectivity index (χ0n) is 20.2. The summed E-state index contributed by atoms with van der Waals surface area (Å²) in [4.78, 5) is 25.0. The molecule has 184 valence electrons. The Kier molecular flexibility index (Phi) is 9.25. The van der Waals surface area contributed by atoms with Crippen molar-refractivity contribution in [3.8, 4) is 17.6 Å². The van der Waals surface area contributed by atoms with Crippen LogP contribution < -0.4 is 20.1 Å². The zero-order valence-corrected chi connectivity index (χ0v) is 21.8. The monoisotopic (exact) mass is 547 g/mol. The summed E-state index contributed by atoms with van der Waals surface area (Å²) < 4.78 is 12.0. The molecule has 0 radical (unpaired) electrons. The van der Waals surface area contributed by atoms with Crippen LogP contribution in [0.1, 0.15) is 23.6 Å². The van der Waals surface area contributed by atoms with Gasteiger partial charge >= 0.3 is 0 Å². The van der Waals surface area contributed by atoms with E-state index in [-0.39, 0.29) is 18.1 Å². The van der Waals surface area contributed by atoms with Crippen LogP contribution in [0.25, 0.3) is 6.08 Å². The molecule has 3 rings (SSSR count). The van der Waals surface area contributed by atoms with Crippen LogP contribution in [-0.2, 0) is 9.59 Å². The summed E-state index contributed by atoms with van der Waals surface area (Å²) in [5.41, 5.74) is 3.85. The van der Waals surface area contributed by atoms with E-state index in [2.05, 4.69) is 26.6 Å². The molecule has 0 saturated heterocycles. The van der Waals surface area contributed by atoms with Crippen LogP contribution >= 0.6 is 15.9 Å². The SMILES string of the molecule is CCOc1cc(/C=C(\C#N)C(=O)Nc2ccc(C)cc2)cc(Br)c1OCC(=O)Nc1cccc(C)c1. The van der Waals surface area contributed by atoms with Crippen LogP contribution in [0.5, 0.6) is 11.5 Å². The molecule has 0 aliphatic rings. The van der Waals surface area contributed by atoms with Crippen LogP contribution in [0.4, 0.5) is 11.4 Å². The third-order valence-electron chi connectivity index (χ3n) is 4.97. The number of amides is 2. The van der Waals surface area contributed by atoms with Gasteiger partial charge in [0.05, 0.1) is 11.1 Å². The van der Waals surface area contributed by atoms with E-state index in [0.717, 1.165) is 11.1 Å². The highest BCUT2D eigenvalue weighted by molar-refractivity contribution is 9.10. The first-order valence-corrected chi connectivity index (χ1v) is 12.0. The molecule has 3 aromatic carbocycles. The average molecular weight is 548 g/mol. The first-order valence-electron chi connectivity index (χ1n) is 11.2. The standard InChI is InChI=1S/C28H26BrN3O4/c1-4-35-25-15-20(13-21(16-30)28(34)32-22-10-8-18(2)9-11-22)14-24(29)27(25)36-17-26(33)31-23-7-5-6-19(3)12-23/h5-15H,4,17H2,1-3H3,(H,31,33)(H,32,34)/b21-13+. The molecule has 0 aliphatic carbocycles. The van der Waals surface area contributed by atoms with Gasteiger partial charge in [0.25, 0.3) is 11.8 Å². The summed E-state index contributed by atoms with van der Waals surface area (Å²) in [6.45, 7) is 5.83. The first kappa shape index (κ1) is 26.5. The summed E-state index contributed by atoms with van der Waals surface area (Å²) in [7, 11) is 0. The number of halogens is 1. The normalized spacial score (nSPS) is 10.8. The minimum absolute atomic E-state index is 0.0730. The molecule has 0 fully saturated rings. The highest BCUT2D eigenvalue weighted by atomic mass is 79.9. The van der Waals surface area contributed by atoms with Gasteiger partial charge < -0.3 is 20.1 Å². The average Bonchev–Trinajstić information content (AvgIpc) is 2.83. The predicted octanol–water partition coefficient (Wildman–Crippen LogP) is 6.03. The van der Waals surface area contributed by atoms with Crippen LogP contribution in [0.3, 0.4) is 0 Å².